The fourth-order valence-corrected chi connectivity index (χ4v) is 1.60. The number of rotatable bonds is 2. The summed E-state index contributed by atoms with van der Waals surface area (Å²) in [7, 11) is 0. The van der Waals surface area contributed by atoms with E-state index >= 15 is 0 Å². The molecule has 0 saturated carbocycles. The Morgan fingerprint density at radius 3 is 2.59 bits per heavy atom. The number of hydrogen-bond acceptors (Lipinski definition) is 4. The molecule has 1 fully saturated rings. The Hall–Kier alpha value is -1.59. The van der Waals surface area contributed by atoms with Crippen LogP contribution in [-0.2, 0) is 9.53 Å². The van der Waals surface area contributed by atoms with Crippen LogP contribution in [0.15, 0.2) is 0 Å². The average Bonchev–Trinajstić information content (AvgIpc) is 2.39. The highest BCUT2D eigenvalue weighted by Gasteiger charge is 2.41. The molecule has 96 valence electrons. The van der Waals surface area contributed by atoms with E-state index in [2.05, 4.69) is 5.32 Å². The van der Waals surface area contributed by atoms with Gasteiger partial charge >= 0.3 is 6.09 Å². The molecule has 1 saturated heterocycles. The van der Waals surface area contributed by atoms with E-state index in [-0.39, 0.29) is 11.9 Å². The summed E-state index contributed by atoms with van der Waals surface area (Å²) in [4.78, 5) is 24.5. The maximum Gasteiger partial charge on any atom is 0.417 e. The number of nitrogens with one attached hydrogen (secondary N) is 2. The van der Waals surface area contributed by atoms with Crippen molar-refractivity contribution in [3.8, 4) is 0 Å². The van der Waals surface area contributed by atoms with Crippen molar-refractivity contribution in [2.24, 2.45) is 0 Å². The van der Waals surface area contributed by atoms with Crippen molar-refractivity contribution in [3.05, 3.63) is 0 Å². The number of amides is 2. The quantitative estimate of drug-likeness (QED) is 0.767. The Kier molecular flexibility index (Phi) is 3.75. The molecule has 6 heteroatoms. The number of guanidine groups is 1. The van der Waals surface area contributed by atoms with Crippen molar-refractivity contribution in [1.82, 2.24) is 10.2 Å². The van der Waals surface area contributed by atoms with Crippen LogP contribution in [0.3, 0.4) is 0 Å². The van der Waals surface area contributed by atoms with Gasteiger partial charge in [-0.05, 0) is 27.2 Å². The van der Waals surface area contributed by atoms with Crippen molar-refractivity contribution in [2.75, 3.05) is 0 Å². The van der Waals surface area contributed by atoms with E-state index in [1.165, 1.54) is 0 Å². The summed E-state index contributed by atoms with van der Waals surface area (Å²) in [5.41, 5.74) is -0.639. The predicted octanol–water partition coefficient (Wildman–Crippen LogP) is 1.46. The minimum absolute atomic E-state index is 0.206. The van der Waals surface area contributed by atoms with Crippen molar-refractivity contribution < 1.29 is 14.3 Å². The maximum atomic E-state index is 11.9. The van der Waals surface area contributed by atoms with E-state index in [9.17, 15) is 9.59 Å². The van der Waals surface area contributed by atoms with Crippen LogP contribution in [0.1, 0.15) is 40.5 Å². The zero-order valence-corrected chi connectivity index (χ0v) is 10.7. The first-order chi connectivity index (χ1) is 7.76. The van der Waals surface area contributed by atoms with Crippen LogP contribution in [0, 0.1) is 5.41 Å². The lowest BCUT2D eigenvalue weighted by atomic mass is 10.1. The number of carbonyl (C=O) groups excluding carboxylic acids is 2. The molecule has 1 atom stereocenters. The van der Waals surface area contributed by atoms with E-state index in [0.717, 1.165) is 11.3 Å². The fourth-order valence-electron chi connectivity index (χ4n) is 1.60. The molecule has 0 spiro atoms. The molecule has 0 bridgehead atoms. The van der Waals surface area contributed by atoms with Crippen LogP contribution in [-0.4, -0.2) is 34.5 Å². The maximum absolute atomic E-state index is 11.9. The van der Waals surface area contributed by atoms with E-state index in [1.54, 1.807) is 20.8 Å². The van der Waals surface area contributed by atoms with Crippen molar-refractivity contribution in [1.29, 1.82) is 5.41 Å². The largest absolute Gasteiger partial charge is 0.443 e. The van der Waals surface area contributed by atoms with Gasteiger partial charge in [0, 0.05) is 0 Å². The van der Waals surface area contributed by atoms with Crippen LogP contribution in [0.4, 0.5) is 4.79 Å². The van der Waals surface area contributed by atoms with Crippen molar-refractivity contribution in [3.63, 3.8) is 0 Å². The summed E-state index contributed by atoms with van der Waals surface area (Å²) in [6, 6.07) is -0.623. The highest BCUT2D eigenvalue weighted by Crippen LogP contribution is 2.18. The second-order valence-corrected chi connectivity index (χ2v) is 4.99. The van der Waals surface area contributed by atoms with Crippen LogP contribution < -0.4 is 5.32 Å². The molecular formula is C11H19N3O3. The molecule has 0 aromatic carbocycles. The third-order valence-corrected chi connectivity index (χ3v) is 2.25. The number of nitrogens with zero attached hydrogens (tertiary/aromatic N) is 1. The third kappa shape index (κ3) is 3.18. The molecule has 6 nitrogen and oxygen atoms in total. The predicted molar refractivity (Wildman–Crippen MR) is 62.6 cm³/mol. The molecule has 1 heterocycles. The highest BCUT2D eigenvalue weighted by atomic mass is 16.6. The van der Waals surface area contributed by atoms with E-state index < -0.39 is 17.7 Å². The van der Waals surface area contributed by atoms with Gasteiger partial charge < -0.3 is 4.74 Å². The van der Waals surface area contributed by atoms with Gasteiger partial charge in [-0.3, -0.25) is 15.5 Å². The first-order valence-electron chi connectivity index (χ1n) is 5.68. The summed E-state index contributed by atoms with van der Waals surface area (Å²) in [6.45, 7) is 7.15. The van der Waals surface area contributed by atoms with E-state index in [1.807, 2.05) is 6.92 Å². The van der Waals surface area contributed by atoms with Gasteiger partial charge in [-0.1, -0.05) is 13.3 Å². The Morgan fingerprint density at radius 1 is 1.53 bits per heavy atom. The van der Waals surface area contributed by atoms with Crippen LogP contribution in [0.2, 0.25) is 0 Å². The monoisotopic (exact) mass is 241 g/mol. The SMILES string of the molecule is CCC[C@H]1C(=O)NC(=N)N1C(=O)OC(C)(C)C. The first-order valence-corrected chi connectivity index (χ1v) is 5.68. The van der Waals surface area contributed by atoms with Gasteiger partial charge in [0.05, 0.1) is 0 Å². The summed E-state index contributed by atoms with van der Waals surface area (Å²) in [6.07, 6.45) is 0.622. The molecule has 0 aliphatic carbocycles. The van der Waals surface area contributed by atoms with Crippen molar-refractivity contribution >= 4 is 18.0 Å². The van der Waals surface area contributed by atoms with Gasteiger partial charge in [0.2, 0.25) is 11.9 Å². The van der Waals surface area contributed by atoms with Crippen LogP contribution in [0.25, 0.3) is 0 Å². The molecule has 0 radical (unpaired) electrons. The fraction of sp³-hybridized carbons (Fsp3) is 0.727. The first kappa shape index (κ1) is 13.5. The van der Waals surface area contributed by atoms with Gasteiger partial charge in [0.1, 0.15) is 11.6 Å². The smallest absolute Gasteiger partial charge is 0.417 e. The second-order valence-electron chi connectivity index (χ2n) is 4.99. The zero-order valence-electron chi connectivity index (χ0n) is 10.7. The Labute approximate surface area is 101 Å². The van der Waals surface area contributed by atoms with Gasteiger partial charge in [0.25, 0.3) is 0 Å². The third-order valence-electron chi connectivity index (χ3n) is 2.25. The van der Waals surface area contributed by atoms with Crippen LogP contribution >= 0.6 is 0 Å². The standard InChI is InChI=1S/C11H19N3O3/c1-5-6-7-8(15)13-9(12)14(7)10(16)17-11(2,3)4/h7H,5-6H2,1-4H3,(H2,12,13,15)/t7-/m0/s1. The molecule has 17 heavy (non-hydrogen) atoms. The lowest BCUT2D eigenvalue weighted by Crippen LogP contribution is -2.43. The topological polar surface area (TPSA) is 82.5 Å². The lowest BCUT2D eigenvalue weighted by Gasteiger charge is -2.26. The second kappa shape index (κ2) is 4.73. The molecule has 0 aromatic heterocycles. The molecule has 1 aliphatic rings. The Bertz CT molecular complexity index is 346. The van der Waals surface area contributed by atoms with Crippen molar-refractivity contribution in [2.45, 2.75) is 52.2 Å². The zero-order chi connectivity index (χ0) is 13.2. The summed E-state index contributed by atoms with van der Waals surface area (Å²) in [5, 5.41) is 9.91. The molecule has 0 aromatic rings. The van der Waals surface area contributed by atoms with Crippen LogP contribution in [0.5, 0.6) is 0 Å². The lowest BCUT2D eigenvalue weighted by molar-refractivity contribution is -0.121. The Morgan fingerprint density at radius 2 is 2.12 bits per heavy atom. The normalized spacial score (nSPS) is 20.5. The van der Waals surface area contributed by atoms with E-state index in [4.69, 9.17) is 10.1 Å². The molecule has 1 aliphatic heterocycles. The molecule has 1 rings (SSSR count). The average molecular weight is 241 g/mol. The highest BCUT2D eigenvalue weighted by molar-refractivity contribution is 6.11. The van der Waals surface area contributed by atoms with Gasteiger partial charge in [-0.25, -0.2) is 9.69 Å². The van der Waals surface area contributed by atoms with Gasteiger partial charge in [-0.2, -0.15) is 0 Å². The minimum Gasteiger partial charge on any atom is -0.443 e. The number of carbonyl (C=O) groups is 2. The molecule has 2 amide bonds. The number of hydrogen-bond donors (Lipinski definition) is 2. The molecule has 0 unspecified atom stereocenters. The summed E-state index contributed by atoms with van der Waals surface area (Å²) in [5.74, 6) is -0.523. The van der Waals surface area contributed by atoms with Gasteiger partial charge in [0.15, 0.2) is 0 Å². The minimum atomic E-state index is -0.653. The van der Waals surface area contributed by atoms with E-state index in [0.29, 0.717) is 6.42 Å². The number of ether oxygens (including phenoxy) is 1. The van der Waals surface area contributed by atoms with Gasteiger partial charge in [-0.15, -0.1) is 0 Å². The summed E-state index contributed by atoms with van der Waals surface area (Å²) >= 11 is 0. The Balaban J connectivity index is 2.82. The molecular weight excluding hydrogens is 222 g/mol. The molecule has 2 N–H and O–H groups in total. The summed E-state index contributed by atoms with van der Waals surface area (Å²) < 4.78 is 5.17.